The lowest BCUT2D eigenvalue weighted by molar-refractivity contribution is 0.785. The van der Waals surface area contributed by atoms with Crippen molar-refractivity contribution in [2.24, 2.45) is 12.0 Å². The number of hydrogen-bond donors (Lipinski definition) is 3. The summed E-state index contributed by atoms with van der Waals surface area (Å²) in [5.74, 6) is 1.55. The van der Waals surface area contributed by atoms with Crippen LogP contribution in [0.15, 0.2) is 30.2 Å². The van der Waals surface area contributed by atoms with Gasteiger partial charge in [0, 0.05) is 26.7 Å². The normalized spacial score (nSPS) is 11.0. The molecule has 0 aliphatic heterocycles. The van der Waals surface area contributed by atoms with Gasteiger partial charge in [-0.1, -0.05) is 6.08 Å². The average Bonchev–Trinajstić information content (AvgIpc) is 2.91. The molecule has 0 aliphatic rings. The Hall–Kier alpha value is -1.91. The molecule has 0 bridgehead atoms. The fourth-order valence-electron chi connectivity index (χ4n) is 1.96. The number of fused-ring (bicyclic) bond motifs is 1. The molecule has 8 nitrogen and oxygen atoms in total. The van der Waals surface area contributed by atoms with Crippen LogP contribution >= 0.6 is 24.0 Å². The van der Waals surface area contributed by atoms with Gasteiger partial charge in [0.1, 0.15) is 12.1 Å². The van der Waals surface area contributed by atoms with Crippen LogP contribution in [0.2, 0.25) is 0 Å². The van der Waals surface area contributed by atoms with E-state index in [4.69, 9.17) is 0 Å². The molecule has 0 unspecified atom stereocenters. The quantitative estimate of drug-likeness (QED) is 0.201. The summed E-state index contributed by atoms with van der Waals surface area (Å²) < 4.78 is 1.73. The van der Waals surface area contributed by atoms with Gasteiger partial charge in [-0.05, 0) is 6.92 Å². The van der Waals surface area contributed by atoms with E-state index in [1.54, 1.807) is 17.0 Å². The molecule has 2 rings (SSSR count). The van der Waals surface area contributed by atoms with Gasteiger partial charge >= 0.3 is 0 Å². The van der Waals surface area contributed by atoms with E-state index < -0.39 is 0 Å². The van der Waals surface area contributed by atoms with E-state index in [2.05, 4.69) is 42.6 Å². The molecule has 0 saturated carbocycles. The molecular formula is C14H23IN8. The third-order valence-corrected chi connectivity index (χ3v) is 2.96. The highest BCUT2D eigenvalue weighted by molar-refractivity contribution is 14.0. The molecular weight excluding hydrogens is 407 g/mol. The molecule has 3 N–H and O–H groups in total. The minimum absolute atomic E-state index is 0. The SMILES string of the molecule is C=CCNC(=NCCNc1ncnc2c1cnn2C)NCC.I. The van der Waals surface area contributed by atoms with Crippen LogP contribution in [0, 0.1) is 0 Å². The van der Waals surface area contributed by atoms with Crippen molar-refractivity contribution in [2.75, 3.05) is 31.5 Å². The Bertz CT molecular complexity index is 651. The first-order chi connectivity index (χ1) is 10.8. The largest absolute Gasteiger partial charge is 0.367 e. The van der Waals surface area contributed by atoms with Crippen LogP contribution < -0.4 is 16.0 Å². The van der Waals surface area contributed by atoms with Gasteiger partial charge in [0.25, 0.3) is 0 Å². The Kier molecular flexibility index (Phi) is 8.30. The van der Waals surface area contributed by atoms with Gasteiger partial charge in [-0.25, -0.2) is 9.97 Å². The van der Waals surface area contributed by atoms with Crippen LogP contribution in [-0.4, -0.2) is 51.9 Å². The zero-order valence-corrected chi connectivity index (χ0v) is 15.7. The van der Waals surface area contributed by atoms with Crippen molar-refractivity contribution >= 4 is 46.8 Å². The van der Waals surface area contributed by atoms with E-state index in [1.165, 1.54) is 6.33 Å². The van der Waals surface area contributed by atoms with Gasteiger partial charge in [-0.2, -0.15) is 5.10 Å². The van der Waals surface area contributed by atoms with Gasteiger partial charge in [-0.3, -0.25) is 9.67 Å². The van der Waals surface area contributed by atoms with Crippen LogP contribution in [0.5, 0.6) is 0 Å². The first-order valence-corrected chi connectivity index (χ1v) is 7.26. The molecule has 0 amide bonds. The smallest absolute Gasteiger partial charge is 0.191 e. The van der Waals surface area contributed by atoms with E-state index in [9.17, 15) is 0 Å². The van der Waals surface area contributed by atoms with Crippen molar-refractivity contribution < 1.29 is 0 Å². The van der Waals surface area contributed by atoms with Crippen molar-refractivity contribution in [3.8, 4) is 0 Å². The topological polar surface area (TPSA) is 92.1 Å². The van der Waals surface area contributed by atoms with Crippen molar-refractivity contribution in [1.29, 1.82) is 0 Å². The average molecular weight is 430 g/mol. The minimum Gasteiger partial charge on any atom is -0.367 e. The van der Waals surface area contributed by atoms with Crippen LogP contribution in [0.25, 0.3) is 11.0 Å². The Morgan fingerprint density at radius 3 is 2.96 bits per heavy atom. The summed E-state index contributed by atoms with van der Waals surface area (Å²) >= 11 is 0. The number of hydrogen-bond acceptors (Lipinski definition) is 5. The van der Waals surface area contributed by atoms with Crippen molar-refractivity contribution in [3.63, 3.8) is 0 Å². The molecule has 2 aromatic heterocycles. The van der Waals surface area contributed by atoms with Gasteiger partial charge in [-0.15, -0.1) is 30.6 Å². The summed E-state index contributed by atoms with van der Waals surface area (Å²) in [5.41, 5.74) is 0.807. The van der Waals surface area contributed by atoms with Crippen LogP contribution in [0.3, 0.4) is 0 Å². The lowest BCUT2D eigenvalue weighted by Gasteiger charge is -2.10. The second-order valence-corrected chi connectivity index (χ2v) is 4.58. The molecule has 2 aromatic rings. The number of rotatable bonds is 7. The second-order valence-electron chi connectivity index (χ2n) is 4.58. The number of anilines is 1. The maximum Gasteiger partial charge on any atom is 0.191 e. The summed E-state index contributed by atoms with van der Waals surface area (Å²) in [6.07, 6.45) is 5.09. The third kappa shape index (κ3) is 5.34. The molecule has 126 valence electrons. The fourth-order valence-corrected chi connectivity index (χ4v) is 1.96. The maximum absolute atomic E-state index is 4.47. The predicted molar refractivity (Wildman–Crippen MR) is 104 cm³/mol. The molecule has 0 fully saturated rings. The van der Waals surface area contributed by atoms with Gasteiger partial charge in [0.2, 0.25) is 0 Å². The number of halogens is 1. The van der Waals surface area contributed by atoms with Crippen LogP contribution in [-0.2, 0) is 7.05 Å². The zero-order chi connectivity index (χ0) is 15.8. The van der Waals surface area contributed by atoms with Gasteiger partial charge < -0.3 is 16.0 Å². The zero-order valence-electron chi connectivity index (χ0n) is 13.4. The molecule has 0 atom stereocenters. The number of nitrogens with one attached hydrogen (secondary N) is 3. The molecule has 0 radical (unpaired) electrons. The number of guanidine groups is 1. The van der Waals surface area contributed by atoms with Crippen molar-refractivity contribution in [1.82, 2.24) is 30.4 Å². The minimum atomic E-state index is 0. The summed E-state index contributed by atoms with van der Waals surface area (Å²) in [5, 5.41) is 14.7. The Labute approximate surface area is 152 Å². The van der Waals surface area contributed by atoms with E-state index in [-0.39, 0.29) is 24.0 Å². The van der Waals surface area contributed by atoms with Crippen molar-refractivity contribution in [2.45, 2.75) is 6.92 Å². The first-order valence-electron chi connectivity index (χ1n) is 7.26. The highest BCUT2D eigenvalue weighted by Gasteiger charge is 2.06. The number of aliphatic imine (C=N–C) groups is 1. The van der Waals surface area contributed by atoms with E-state index >= 15 is 0 Å². The van der Waals surface area contributed by atoms with E-state index in [1.807, 2.05) is 14.0 Å². The lowest BCUT2D eigenvalue weighted by atomic mass is 10.4. The van der Waals surface area contributed by atoms with Gasteiger partial charge in [0.15, 0.2) is 11.6 Å². The third-order valence-electron chi connectivity index (χ3n) is 2.96. The highest BCUT2D eigenvalue weighted by atomic mass is 127. The highest BCUT2D eigenvalue weighted by Crippen LogP contribution is 2.17. The molecule has 2 heterocycles. The lowest BCUT2D eigenvalue weighted by Crippen LogP contribution is -2.37. The number of aryl methyl sites for hydroxylation is 1. The second kappa shape index (κ2) is 9.98. The summed E-state index contributed by atoms with van der Waals surface area (Å²) in [6.45, 7) is 8.51. The predicted octanol–water partition coefficient (Wildman–Crippen LogP) is 1.13. The standard InChI is InChI=1S/C14H22N8.HI/c1-4-6-17-14(15-5-2)18-8-7-16-12-11-9-21-22(3)13(11)20-10-19-12;/h4,9-10H,1,5-8H2,2-3H3,(H2,15,17,18)(H,16,19,20);1H. The van der Waals surface area contributed by atoms with Crippen molar-refractivity contribution in [3.05, 3.63) is 25.2 Å². The molecule has 0 aromatic carbocycles. The molecule has 9 heteroatoms. The first kappa shape index (κ1) is 19.1. The molecule has 0 saturated heterocycles. The fraction of sp³-hybridized carbons (Fsp3) is 0.429. The Balaban J connectivity index is 0.00000264. The molecule has 0 aliphatic carbocycles. The Morgan fingerprint density at radius 1 is 1.39 bits per heavy atom. The van der Waals surface area contributed by atoms with E-state index in [0.717, 1.165) is 29.4 Å². The monoisotopic (exact) mass is 430 g/mol. The Morgan fingerprint density at radius 2 is 2.22 bits per heavy atom. The molecule has 0 spiro atoms. The molecule has 23 heavy (non-hydrogen) atoms. The summed E-state index contributed by atoms with van der Waals surface area (Å²) in [7, 11) is 1.86. The van der Waals surface area contributed by atoms with E-state index in [0.29, 0.717) is 19.6 Å². The number of nitrogens with zero attached hydrogens (tertiary/aromatic N) is 5. The van der Waals surface area contributed by atoms with Gasteiger partial charge in [0.05, 0.1) is 18.1 Å². The summed E-state index contributed by atoms with van der Waals surface area (Å²) in [4.78, 5) is 12.9. The van der Waals surface area contributed by atoms with Crippen LogP contribution in [0.1, 0.15) is 6.92 Å². The maximum atomic E-state index is 4.47. The summed E-state index contributed by atoms with van der Waals surface area (Å²) in [6, 6.07) is 0. The number of aromatic nitrogens is 4. The van der Waals surface area contributed by atoms with Crippen LogP contribution in [0.4, 0.5) is 5.82 Å².